The van der Waals surface area contributed by atoms with E-state index in [2.05, 4.69) is 54.2 Å². The van der Waals surface area contributed by atoms with Crippen LogP contribution < -0.4 is 5.32 Å². The second-order valence-electron chi connectivity index (χ2n) is 9.55. The van der Waals surface area contributed by atoms with E-state index in [0.717, 1.165) is 30.5 Å². The fourth-order valence-electron chi connectivity index (χ4n) is 5.81. The van der Waals surface area contributed by atoms with Crippen LogP contribution in [0.15, 0.2) is 18.2 Å². The lowest BCUT2D eigenvalue weighted by Gasteiger charge is -2.46. The summed E-state index contributed by atoms with van der Waals surface area (Å²) >= 11 is 0. The molecule has 1 saturated carbocycles. The van der Waals surface area contributed by atoms with Crippen LogP contribution in [-0.4, -0.2) is 41.1 Å². The number of alkyl carbamates (subject to hydrolysis) is 1. The summed E-state index contributed by atoms with van der Waals surface area (Å²) in [5.74, 6) is 0.357. The molecular formula is C24H33N3O3. The third kappa shape index (κ3) is 2.99. The van der Waals surface area contributed by atoms with E-state index in [4.69, 9.17) is 4.74 Å². The number of rotatable bonds is 4. The zero-order valence-corrected chi connectivity index (χ0v) is 18.8. The number of methoxy groups -OCH3 is 1. The number of H-pyrrole nitrogens is 1. The molecule has 1 aromatic carbocycles. The summed E-state index contributed by atoms with van der Waals surface area (Å²) in [4.78, 5) is 31.5. The molecule has 1 saturated heterocycles. The van der Waals surface area contributed by atoms with Crippen LogP contribution in [0.2, 0.25) is 0 Å². The van der Waals surface area contributed by atoms with Gasteiger partial charge < -0.3 is 19.9 Å². The number of hydrogen-bond donors (Lipinski definition) is 2. The zero-order chi connectivity index (χ0) is 21.8. The molecule has 2 heterocycles. The molecule has 2 aromatic rings. The fraction of sp³-hybridized carbons (Fsp3) is 0.583. The Morgan fingerprint density at radius 1 is 1.27 bits per heavy atom. The molecule has 1 aliphatic carbocycles. The Morgan fingerprint density at radius 2 is 2.00 bits per heavy atom. The van der Waals surface area contributed by atoms with Gasteiger partial charge in [0.15, 0.2) is 0 Å². The number of fused-ring (bicyclic) bond motifs is 3. The quantitative estimate of drug-likeness (QED) is 0.783. The second-order valence-corrected chi connectivity index (χ2v) is 9.55. The molecular weight excluding hydrogens is 378 g/mol. The molecule has 0 radical (unpaired) electrons. The number of carbonyl (C=O) groups is 2. The molecule has 2 N–H and O–H groups in total. The minimum Gasteiger partial charge on any atom is -0.453 e. The van der Waals surface area contributed by atoms with Crippen molar-refractivity contribution in [1.82, 2.24) is 15.2 Å². The first-order chi connectivity index (χ1) is 14.2. The van der Waals surface area contributed by atoms with Crippen LogP contribution in [0, 0.1) is 25.7 Å². The fourth-order valence-corrected chi connectivity index (χ4v) is 5.81. The topological polar surface area (TPSA) is 74.4 Å². The summed E-state index contributed by atoms with van der Waals surface area (Å²) in [6.45, 7) is 10.4. The molecule has 0 spiro atoms. The predicted octanol–water partition coefficient (Wildman–Crippen LogP) is 4.39. The number of hydrogen-bond acceptors (Lipinski definition) is 3. The SMILES string of the molecule is COC(=O)N[C@H](C(=O)N1[C@@H]2CC[C@@H](C2)[C@@]1(C)c1[nH]c2ccc(C)cc2c1C)C(C)C. The van der Waals surface area contributed by atoms with Gasteiger partial charge in [0.25, 0.3) is 0 Å². The highest BCUT2D eigenvalue weighted by atomic mass is 16.5. The van der Waals surface area contributed by atoms with Crippen molar-refractivity contribution in [3.05, 3.63) is 35.0 Å². The smallest absolute Gasteiger partial charge is 0.407 e. The largest absolute Gasteiger partial charge is 0.453 e. The lowest BCUT2D eigenvalue weighted by Crippen LogP contribution is -2.59. The zero-order valence-electron chi connectivity index (χ0n) is 18.8. The van der Waals surface area contributed by atoms with Crippen LogP contribution >= 0.6 is 0 Å². The summed E-state index contributed by atoms with van der Waals surface area (Å²) in [5.41, 5.74) is 4.26. The Labute approximate surface area is 178 Å². The molecule has 30 heavy (non-hydrogen) atoms. The Hall–Kier alpha value is -2.50. The van der Waals surface area contributed by atoms with E-state index in [1.165, 1.54) is 23.6 Å². The van der Waals surface area contributed by atoms with Gasteiger partial charge in [-0.2, -0.15) is 0 Å². The number of aromatic nitrogens is 1. The van der Waals surface area contributed by atoms with Crippen LogP contribution in [-0.2, 0) is 15.1 Å². The number of aryl methyl sites for hydroxylation is 2. The molecule has 6 heteroatoms. The van der Waals surface area contributed by atoms with E-state index in [0.29, 0.717) is 5.92 Å². The third-order valence-corrected chi connectivity index (χ3v) is 7.41. The summed E-state index contributed by atoms with van der Waals surface area (Å²) in [6.07, 6.45) is 2.59. The first kappa shape index (κ1) is 20.8. The molecule has 4 atom stereocenters. The number of amides is 2. The Bertz CT molecular complexity index is 995. The van der Waals surface area contributed by atoms with Gasteiger partial charge >= 0.3 is 6.09 Å². The van der Waals surface area contributed by atoms with E-state index >= 15 is 0 Å². The van der Waals surface area contributed by atoms with Crippen LogP contribution in [0.25, 0.3) is 10.9 Å². The molecule has 6 nitrogen and oxygen atoms in total. The van der Waals surface area contributed by atoms with Gasteiger partial charge in [0.1, 0.15) is 6.04 Å². The molecule has 2 aliphatic rings. The Morgan fingerprint density at radius 3 is 2.67 bits per heavy atom. The van der Waals surface area contributed by atoms with Crippen LogP contribution in [0.5, 0.6) is 0 Å². The van der Waals surface area contributed by atoms with Gasteiger partial charge in [-0.25, -0.2) is 4.79 Å². The molecule has 2 amide bonds. The average molecular weight is 412 g/mol. The predicted molar refractivity (Wildman–Crippen MR) is 117 cm³/mol. The number of likely N-dealkylation sites (tertiary alicyclic amines) is 1. The molecule has 1 aromatic heterocycles. The van der Waals surface area contributed by atoms with E-state index in [1.54, 1.807) is 0 Å². The minimum absolute atomic E-state index is 0.0145. The van der Waals surface area contributed by atoms with Gasteiger partial charge in [-0.1, -0.05) is 25.5 Å². The molecule has 162 valence electrons. The van der Waals surface area contributed by atoms with Crippen LogP contribution in [0.1, 0.15) is 56.9 Å². The number of ether oxygens (including phenoxy) is 1. The van der Waals surface area contributed by atoms with Crippen molar-refractivity contribution in [2.45, 2.75) is 71.5 Å². The maximum atomic E-state index is 13.8. The molecule has 2 bridgehead atoms. The number of carbonyl (C=O) groups excluding carboxylic acids is 2. The van der Waals surface area contributed by atoms with Crippen molar-refractivity contribution in [1.29, 1.82) is 0 Å². The highest BCUT2D eigenvalue weighted by Crippen LogP contribution is 2.55. The molecule has 1 aliphatic heterocycles. The van der Waals surface area contributed by atoms with Crippen molar-refractivity contribution >= 4 is 22.9 Å². The Balaban J connectivity index is 1.79. The van der Waals surface area contributed by atoms with Crippen molar-refractivity contribution in [2.24, 2.45) is 11.8 Å². The molecule has 2 fully saturated rings. The van der Waals surface area contributed by atoms with E-state index in [-0.39, 0.29) is 17.9 Å². The van der Waals surface area contributed by atoms with E-state index < -0.39 is 17.7 Å². The van der Waals surface area contributed by atoms with Crippen molar-refractivity contribution < 1.29 is 14.3 Å². The monoisotopic (exact) mass is 411 g/mol. The van der Waals surface area contributed by atoms with Crippen molar-refractivity contribution in [2.75, 3.05) is 7.11 Å². The highest BCUT2D eigenvalue weighted by Gasteiger charge is 2.58. The van der Waals surface area contributed by atoms with Crippen molar-refractivity contribution in [3.63, 3.8) is 0 Å². The van der Waals surface area contributed by atoms with Gasteiger partial charge in [-0.15, -0.1) is 0 Å². The van der Waals surface area contributed by atoms with Gasteiger partial charge in [0.05, 0.1) is 12.6 Å². The summed E-state index contributed by atoms with van der Waals surface area (Å²) in [6, 6.07) is 6.05. The molecule has 0 unspecified atom stereocenters. The average Bonchev–Trinajstić information content (AvgIpc) is 3.38. The third-order valence-electron chi connectivity index (χ3n) is 7.41. The number of aromatic amines is 1. The van der Waals surface area contributed by atoms with Gasteiger partial charge in [-0.05, 0) is 69.6 Å². The second kappa shape index (κ2) is 7.33. The van der Waals surface area contributed by atoms with Crippen LogP contribution in [0.4, 0.5) is 4.79 Å². The van der Waals surface area contributed by atoms with Crippen LogP contribution in [0.3, 0.4) is 0 Å². The minimum atomic E-state index is -0.608. The highest BCUT2D eigenvalue weighted by molar-refractivity contribution is 5.89. The maximum absolute atomic E-state index is 13.8. The number of benzene rings is 1. The standard InChI is InChI=1S/C24H33N3O3/c1-13(2)20(26-23(29)30-6)22(28)27-17-9-8-16(12-17)24(27,5)21-15(4)18-11-14(3)7-10-19(18)25-21/h7,10-11,13,16-17,20,25H,8-9,12H2,1-6H3,(H,26,29)/t16-,17+,20-,24-/m0/s1. The summed E-state index contributed by atoms with van der Waals surface area (Å²) in [5, 5.41) is 3.99. The maximum Gasteiger partial charge on any atom is 0.407 e. The first-order valence-electron chi connectivity index (χ1n) is 11.0. The lowest BCUT2D eigenvalue weighted by molar-refractivity contribution is -0.144. The van der Waals surface area contributed by atoms with E-state index in [1.807, 2.05) is 13.8 Å². The summed E-state index contributed by atoms with van der Waals surface area (Å²) in [7, 11) is 1.33. The van der Waals surface area contributed by atoms with Crippen molar-refractivity contribution in [3.8, 4) is 0 Å². The Kier molecular flexibility index (Phi) is 5.07. The van der Waals surface area contributed by atoms with Gasteiger partial charge in [-0.3, -0.25) is 4.79 Å². The summed E-state index contributed by atoms with van der Waals surface area (Å²) < 4.78 is 4.79. The number of piperidine rings is 1. The van der Waals surface area contributed by atoms with Gasteiger partial charge in [0.2, 0.25) is 5.91 Å². The van der Waals surface area contributed by atoms with E-state index in [9.17, 15) is 9.59 Å². The molecule has 4 rings (SSSR count). The lowest BCUT2D eigenvalue weighted by atomic mass is 9.79. The number of nitrogens with zero attached hydrogens (tertiary/aromatic N) is 1. The number of nitrogens with one attached hydrogen (secondary N) is 2. The normalized spacial score (nSPS) is 26.4. The van der Waals surface area contributed by atoms with Gasteiger partial charge in [0, 0.05) is 22.6 Å². The first-order valence-corrected chi connectivity index (χ1v) is 11.0.